The summed E-state index contributed by atoms with van der Waals surface area (Å²) in [5, 5.41) is 0. The van der Waals surface area contributed by atoms with E-state index in [0.717, 1.165) is 11.1 Å². The summed E-state index contributed by atoms with van der Waals surface area (Å²) in [5.41, 5.74) is 2.15. The van der Waals surface area contributed by atoms with Gasteiger partial charge in [-0.05, 0) is 24.0 Å². The molecule has 0 amide bonds. The van der Waals surface area contributed by atoms with Gasteiger partial charge in [0, 0.05) is 5.56 Å². The smallest absolute Gasteiger partial charge is 0.181 e. The van der Waals surface area contributed by atoms with E-state index in [9.17, 15) is 4.79 Å². The van der Waals surface area contributed by atoms with E-state index in [1.165, 1.54) is 0 Å². The summed E-state index contributed by atoms with van der Waals surface area (Å²) in [5.74, 6) is 0. The van der Waals surface area contributed by atoms with E-state index >= 15 is 0 Å². The zero-order valence-corrected chi connectivity index (χ0v) is 8.72. The van der Waals surface area contributed by atoms with Crippen LogP contribution in [-0.4, -0.2) is 0 Å². The minimum absolute atomic E-state index is 0.0439. The van der Waals surface area contributed by atoms with Gasteiger partial charge < -0.3 is 0 Å². The lowest BCUT2D eigenvalue weighted by Gasteiger charge is -2.19. The third-order valence-corrected chi connectivity index (χ3v) is 2.20. The molecule has 0 saturated heterocycles. The van der Waals surface area contributed by atoms with Gasteiger partial charge in [0.1, 0.15) is 0 Å². The lowest BCUT2D eigenvalue weighted by molar-refractivity contribution is 0.586. The standard InChI is InChI=1S/C12H16O/c1-9-10(12(2,3)4)7-5-6-8-11(9)13/h5-8H,1-4H3. The molecule has 0 saturated carbocycles. The van der Waals surface area contributed by atoms with Gasteiger partial charge in [0.05, 0.1) is 0 Å². The highest BCUT2D eigenvalue weighted by molar-refractivity contribution is 5.30. The molecule has 1 heteroatoms. The first-order valence-electron chi connectivity index (χ1n) is 4.53. The Morgan fingerprint density at radius 3 is 2.15 bits per heavy atom. The van der Waals surface area contributed by atoms with Crippen molar-refractivity contribution in [1.82, 2.24) is 0 Å². The molecule has 0 unspecified atom stereocenters. The molecule has 0 radical (unpaired) electrons. The summed E-state index contributed by atoms with van der Waals surface area (Å²) < 4.78 is 0. The lowest BCUT2D eigenvalue weighted by atomic mass is 9.85. The molecule has 70 valence electrons. The van der Waals surface area contributed by atoms with Gasteiger partial charge in [-0.1, -0.05) is 39.0 Å². The van der Waals surface area contributed by atoms with Crippen molar-refractivity contribution in [2.45, 2.75) is 33.1 Å². The molecule has 0 aliphatic heterocycles. The van der Waals surface area contributed by atoms with Crippen molar-refractivity contribution in [3.63, 3.8) is 0 Å². The second-order valence-electron chi connectivity index (χ2n) is 4.37. The van der Waals surface area contributed by atoms with Crippen molar-refractivity contribution in [3.8, 4) is 0 Å². The van der Waals surface area contributed by atoms with Gasteiger partial charge in [0.2, 0.25) is 0 Å². The average molecular weight is 176 g/mol. The number of rotatable bonds is 0. The Kier molecular flexibility index (Phi) is 2.55. The third kappa shape index (κ3) is 2.18. The average Bonchev–Trinajstić information content (AvgIpc) is 2.14. The minimum atomic E-state index is 0.0439. The minimum Gasteiger partial charge on any atom is -0.290 e. The SMILES string of the molecule is Cc1c(C(C)(C)C)ccccc1=O. The summed E-state index contributed by atoms with van der Waals surface area (Å²) in [6.07, 6.45) is 0. The summed E-state index contributed by atoms with van der Waals surface area (Å²) in [4.78, 5) is 11.5. The van der Waals surface area contributed by atoms with Crippen LogP contribution in [0.25, 0.3) is 0 Å². The van der Waals surface area contributed by atoms with Gasteiger partial charge in [0.25, 0.3) is 0 Å². The van der Waals surface area contributed by atoms with Crippen LogP contribution in [0, 0.1) is 6.92 Å². The second-order valence-corrected chi connectivity index (χ2v) is 4.37. The summed E-state index contributed by atoms with van der Waals surface area (Å²) in [6, 6.07) is 7.36. The van der Waals surface area contributed by atoms with E-state index in [1.54, 1.807) is 12.1 Å². The Hall–Kier alpha value is -1.11. The molecule has 0 aliphatic rings. The summed E-state index contributed by atoms with van der Waals surface area (Å²) in [7, 11) is 0. The van der Waals surface area contributed by atoms with E-state index in [0.29, 0.717) is 0 Å². The Morgan fingerprint density at radius 1 is 1.08 bits per heavy atom. The maximum absolute atomic E-state index is 11.5. The van der Waals surface area contributed by atoms with Crippen LogP contribution in [0.4, 0.5) is 0 Å². The molecule has 0 atom stereocenters. The van der Waals surface area contributed by atoms with Crippen molar-refractivity contribution in [3.05, 3.63) is 45.6 Å². The molecule has 1 aromatic rings. The van der Waals surface area contributed by atoms with Crippen molar-refractivity contribution >= 4 is 0 Å². The number of hydrogen-bond donors (Lipinski definition) is 0. The molecule has 0 fully saturated rings. The summed E-state index contributed by atoms with van der Waals surface area (Å²) in [6.45, 7) is 8.25. The molecule has 1 aromatic carbocycles. The van der Waals surface area contributed by atoms with Gasteiger partial charge in [-0.25, -0.2) is 0 Å². The fraction of sp³-hybridized carbons (Fsp3) is 0.417. The van der Waals surface area contributed by atoms with Crippen LogP contribution in [-0.2, 0) is 5.41 Å². The first kappa shape index (κ1) is 9.97. The first-order valence-corrected chi connectivity index (χ1v) is 4.53. The molecule has 1 nitrogen and oxygen atoms in total. The molecule has 1 rings (SSSR count). The van der Waals surface area contributed by atoms with Gasteiger partial charge in [-0.2, -0.15) is 0 Å². The van der Waals surface area contributed by atoms with Gasteiger partial charge in [-0.3, -0.25) is 4.79 Å². The second kappa shape index (κ2) is 3.33. The van der Waals surface area contributed by atoms with E-state index in [1.807, 2.05) is 19.1 Å². The molecule has 0 aliphatic carbocycles. The van der Waals surface area contributed by atoms with Gasteiger partial charge >= 0.3 is 0 Å². The molecular formula is C12H16O. The highest BCUT2D eigenvalue weighted by Gasteiger charge is 2.15. The Labute approximate surface area is 79.4 Å². The maximum Gasteiger partial charge on any atom is 0.181 e. The fourth-order valence-electron chi connectivity index (χ4n) is 1.49. The topological polar surface area (TPSA) is 17.1 Å². The predicted octanol–water partition coefficient (Wildman–Crippen LogP) is 2.65. The Morgan fingerprint density at radius 2 is 1.62 bits per heavy atom. The zero-order chi connectivity index (χ0) is 10.1. The Bertz CT molecular complexity index is 358. The van der Waals surface area contributed by atoms with Crippen LogP contribution < -0.4 is 5.43 Å². The van der Waals surface area contributed by atoms with Crippen molar-refractivity contribution < 1.29 is 0 Å². The van der Waals surface area contributed by atoms with Crippen LogP contribution in [0.15, 0.2) is 29.1 Å². The van der Waals surface area contributed by atoms with E-state index < -0.39 is 0 Å². The molecular weight excluding hydrogens is 160 g/mol. The molecule has 0 N–H and O–H groups in total. The van der Waals surface area contributed by atoms with Crippen LogP contribution in [0.2, 0.25) is 0 Å². The lowest BCUT2D eigenvalue weighted by Crippen LogP contribution is -2.16. The van der Waals surface area contributed by atoms with Crippen LogP contribution in [0.3, 0.4) is 0 Å². The summed E-state index contributed by atoms with van der Waals surface area (Å²) >= 11 is 0. The third-order valence-electron chi connectivity index (χ3n) is 2.20. The van der Waals surface area contributed by atoms with Gasteiger partial charge in [0.15, 0.2) is 5.43 Å². The maximum atomic E-state index is 11.5. The van der Waals surface area contributed by atoms with Crippen molar-refractivity contribution in [2.75, 3.05) is 0 Å². The predicted molar refractivity (Wildman–Crippen MR) is 56.1 cm³/mol. The monoisotopic (exact) mass is 176 g/mol. The Balaban J connectivity index is 3.50. The zero-order valence-electron chi connectivity index (χ0n) is 8.72. The fourth-order valence-corrected chi connectivity index (χ4v) is 1.49. The molecule has 0 bridgehead atoms. The van der Waals surface area contributed by atoms with Crippen LogP contribution >= 0.6 is 0 Å². The van der Waals surface area contributed by atoms with E-state index in [2.05, 4.69) is 20.8 Å². The molecule has 0 aromatic heterocycles. The van der Waals surface area contributed by atoms with Crippen molar-refractivity contribution in [1.29, 1.82) is 0 Å². The molecule has 13 heavy (non-hydrogen) atoms. The molecule has 0 heterocycles. The highest BCUT2D eigenvalue weighted by Crippen LogP contribution is 2.22. The highest BCUT2D eigenvalue weighted by atomic mass is 16.1. The van der Waals surface area contributed by atoms with Crippen LogP contribution in [0.1, 0.15) is 31.9 Å². The largest absolute Gasteiger partial charge is 0.290 e. The van der Waals surface area contributed by atoms with Crippen molar-refractivity contribution in [2.24, 2.45) is 0 Å². The van der Waals surface area contributed by atoms with Crippen LogP contribution in [0.5, 0.6) is 0 Å². The number of hydrogen-bond acceptors (Lipinski definition) is 1. The van der Waals surface area contributed by atoms with E-state index in [4.69, 9.17) is 0 Å². The normalized spacial score (nSPS) is 11.4. The molecule has 0 spiro atoms. The van der Waals surface area contributed by atoms with E-state index in [-0.39, 0.29) is 10.8 Å². The van der Waals surface area contributed by atoms with Gasteiger partial charge in [-0.15, -0.1) is 0 Å². The first-order chi connectivity index (χ1) is 5.93. The quantitative estimate of drug-likeness (QED) is 0.594.